The Kier molecular flexibility index (Phi) is 4.86. The smallest absolute Gasteiger partial charge is 0.0616 e. The standard InChI is InChI=1S/C10H9BrCl2/c11-7-10(13)6-3-8-1-4-9(12)5-2-8/h1-6,10H,7H2. The van der Waals surface area contributed by atoms with Crippen molar-refractivity contribution in [2.45, 2.75) is 5.38 Å². The zero-order valence-corrected chi connectivity index (χ0v) is 9.98. The molecule has 1 unspecified atom stereocenters. The average molecular weight is 280 g/mol. The van der Waals surface area contributed by atoms with E-state index in [0.29, 0.717) is 0 Å². The van der Waals surface area contributed by atoms with E-state index >= 15 is 0 Å². The fourth-order valence-corrected chi connectivity index (χ4v) is 1.26. The monoisotopic (exact) mass is 278 g/mol. The molecule has 1 atom stereocenters. The summed E-state index contributed by atoms with van der Waals surface area (Å²) in [4.78, 5) is 0. The van der Waals surface area contributed by atoms with Gasteiger partial charge in [-0.25, -0.2) is 0 Å². The summed E-state index contributed by atoms with van der Waals surface area (Å²) in [6.45, 7) is 0. The van der Waals surface area contributed by atoms with Crippen LogP contribution in [-0.2, 0) is 0 Å². The molecule has 0 aliphatic rings. The van der Waals surface area contributed by atoms with Crippen LogP contribution in [0.4, 0.5) is 0 Å². The lowest BCUT2D eigenvalue weighted by molar-refractivity contribution is 1.28. The van der Waals surface area contributed by atoms with E-state index in [-0.39, 0.29) is 5.38 Å². The number of rotatable bonds is 3. The second-order valence-electron chi connectivity index (χ2n) is 2.58. The highest BCUT2D eigenvalue weighted by Crippen LogP contribution is 2.12. The van der Waals surface area contributed by atoms with Gasteiger partial charge in [0.2, 0.25) is 0 Å². The van der Waals surface area contributed by atoms with Crippen LogP contribution in [0.3, 0.4) is 0 Å². The van der Waals surface area contributed by atoms with E-state index in [4.69, 9.17) is 23.2 Å². The molecule has 0 N–H and O–H groups in total. The first kappa shape index (κ1) is 11.1. The van der Waals surface area contributed by atoms with Gasteiger partial charge in [0, 0.05) is 10.4 Å². The predicted molar refractivity (Wildman–Crippen MR) is 63.9 cm³/mol. The number of allylic oxidation sites excluding steroid dienone is 1. The van der Waals surface area contributed by atoms with Gasteiger partial charge in [0.15, 0.2) is 0 Å². The Bertz CT molecular complexity index is 279. The second kappa shape index (κ2) is 5.69. The lowest BCUT2D eigenvalue weighted by Crippen LogP contribution is -1.92. The number of benzene rings is 1. The third-order valence-electron chi connectivity index (χ3n) is 1.51. The molecule has 0 spiro atoms. The molecular weight excluding hydrogens is 271 g/mol. The first-order valence-electron chi connectivity index (χ1n) is 3.86. The van der Waals surface area contributed by atoms with E-state index in [1.807, 2.05) is 36.4 Å². The molecule has 0 bridgehead atoms. The van der Waals surface area contributed by atoms with Gasteiger partial charge in [0.05, 0.1) is 5.38 Å². The van der Waals surface area contributed by atoms with Gasteiger partial charge in [-0.05, 0) is 17.7 Å². The van der Waals surface area contributed by atoms with Crippen molar-refractivity contribution in [2.24, 2.45) is 0 Å². The predicted octanol–water partition coefficient (Wildman–Crippen LogP) is 4.36. The Balaban J connectivity index is 2.64. The van der Waals surface area contributed by atoms with Crippen molar-refractivity contribution in [3.63, 3.8) is 0 Å². The first-order chi connectivity index (χ1) is 6.22. The van der Waals surface area contributed by atoms with E-state index in [2.05, 4.69) is 15.9 Å². The molecule has 0 radical (unpaired) electrons. The van der Waals surface area contributed by atoms with Crippen LogP contribution in [0.2, 0.25) is 5.02 Å². The van der Waals surface area contributed by atoms with Crippen LogP contribution in [0.5, 0.6) is 0 Å². The summed E-state index contributed by atoms with van der Waals surface area (Å²) >= 11 is 14.9. The third-order valence-corrected chi connectivity index (χ3v) is 3.14. The molecule has 0 aliphatic carbocycles. The SMILES string of the molecule is Clc1ccc(C=CC(Cl)CBr)cc1. The van der Waals surface area contributed by atoms with Crippen molar-refractivity contribution in [2.75, 3.05) is 5.33 Å². The summed E-state index contributed by atoms with van der Waals surface area (Å²) in [6, 6.07) is 7.63. The van der Waals surface area contributed by atoms with Gasteiger partial charge in [0.1, 0.15) is 0 Å². The summed E-state index contributed by atoms with van der Waals surface area (Å²) in [5.41, 5.74) is 1.11. The fraction of sp³-hybridized carbons (Fsp3) is 0.200. The number of hydrogen-bond donors (Lipinski definition) is 0. The lowest BCUT2D eigenvalue weighted by atomic mass is 10.2. The van der Waals surface area contributed by atoms with Gasteiger partial charge in [-0.15, -0.1) is 11.6 Å². The third kappa shape index (κ3) is 4.17. The molecule has 0 fully saturated rings. The van der Waals surface area contributed by atoms with Crippen molar-refractivity contribution >= 4 is 45.2 Å². The molecule has 0 saturated carbocycles. The van der Waals surface area contributed by atoms with Crippen molar-refractivity contribution in [3.8, 4) is 0 Å². The summed E-state index contributed by atoms with van der Waals surface area (Å²) in [7, 11) is 0. The highest BCUT2D eigenvalue weighted by atomic mass is 79.9. The molecule has 1 aromatic carbocycles. The topological polar surface area (TPSA) is 0 Å². The number of hydrogen-bond acceptors (Lipinski definition) is 0. The van der Waals surface area contributed by atoms with Crippen LogP contribution in [0.1, 0.15) is 5.56 Å². The van der Waals surface area contributed by atoms with Crippen molar-refractivity contribution in [3.05, 3.63) is 40.9 Å². The zero-order chi connectivity index (χ0) is 9.68. The molecule has 0 heterocycles. The Morgan fingerprint density at radius 2 is 1.92 bits per heavy atom. The Labute approximate surface area is 96.7 Å². The molecule has 3 heteroatoms. The quantitative estimate of drug-likeness (QED) is 0.722. The van der Waals surface area contributed by atoms with Crippen LogP contribution in [0.25, 0.3) is 6.08 Å². The van der Waals surface area contributed by atoms with E-state index in [9.17, 15) is 0 Å². The van der Waals surface area contributed by atoms with E-state index in [0.717, 1.165) is 15.9 Å². The summed E-state index contributed by atoms with van der Waals surface area (Å²) in [6.07, 6.45) is 3.93. The molecule has 0 aliphatic heterocycles. The maximum absolute atomic E-state index is 5.89. The van der Waals surface area contributed by atoms with E-state index in [1.54, 1.807) is 0 Å². The maximum atomic E-state index is 5.89. The molecule has 13 heavy (non-hydrogen) atoms. The largest absolute Gasteiger partial charge is 0.118 e. The molecule has 0 amide bonds. The Morgan fingerprint density at radius 3 is 2.46 bits per heavy atom. The molecule has 0 aromatic heterocycles. The van der Waals surface area contributed by atoms with Crippen molar-refractivity contribution in [1.29, 1.82) is 0 Å². The van der Waals surface area contributed by atoms with Gasteiger partial charge in [-0.3, -0.25) is 0 Å². The van der Waals surface area contributed by atoms with Crippen molar-refractivity contribution < 1.29 is 0 Å². The first-order valence-corrected chi connectivity index (χ1v) is 5.80. The number of halogens is 3. The van der Waals surface area contributed by atoms with Crippen molar-refractivity contribution in [1.82, 2.24) is 0 Å². The summed E-state index contributed by atoms with van der Waals surface area (Å²) < 4.78 is 0. The van der Waals surface area contributed by atoms with Crippen LogP contribution in [0, 0.1) is 0 Å². The van der Waals surface area contributed by atoms with Gasteiger partial charge in [-0.2, -0.15) is 0 Å². The van der Waals surface area contributed by atoms with E-state index < -0.39 is 0 Å². The molecular formula is C10H9BrCl2. The average Bonchev–Trinajstić information content (AvgIpc) is 2.16. The van der Waals surface area contributed by atoms with Gasteiger partial charge >= 0.3 is 0 Å². The summed E-state index contributed by atoms with van der Waals surface area (Å²) in [5.74, 6) is 0. The Morgan fingerprint density at radius 1 is 1.31 bits per heavy atom. The fourth-order valence-electron chi connectivity index (χ4n) is 0.841. The summed E-state index contributed by atoms with van der Waals surface area (Å²) in [5, 5.41) is 1.55. The minimum atomic E-state index is 0.0377. The molecule has 70 valence electrons. The van der Waals surface area contributed by atoms with E-state index in [1.165, 1.54) is 0 Å². The molecule has 1 rings (SSSR count). The van der Waals surface area contributed by atoms with Crippen LogP contribution >= 0.6 is 39.1 Å². The highest BCUT2D eigenvalue weighted by molar-refractivity contribution is 9.09. The second-order valence-corrected chi connectivity index (χ2v) is 4.23. The van der Waals surface area contributed by atoms with Crippen LogP contribution in [0.15, 0.2) is 30.3 Å². The van der Waals surface area contributed by atoms with Crippen LogP contribution < -0.4 is 0 Å². The normalized spacial score (nSPS) is 13.5. The van der Waals surface area contributed by atoms with Gasteiger partial charge < -0.3 is 0 Å². The molecule has 1 aromatic rings. The molecule has 0 nitrogen and oxygen atoms in total. The van der Waals surface area contributed by atoms with Gasteiger partial charge in [-0.1, -0.05) is 51.8 Å². The van der Waals surface area contributed by atoms with Crippen LogP contribution in [-0.4, -0.2) is 10.7 Å². The Hall–Kier alpha value is 0.0200. The maximum Gasteiger partial charge on any atom is 0.0616 e. The number of alkyl halides is 2. The minimum Gasteiger partial charge on any atom is -0.118 e. The van der Waals surface area contributed by atoms with Gasteiger partial charge in [0.25, 0.3) is 0 Å². The lowest BCUT2D eigenvalue weighted by Gasteiger charge is -1.96. The highest BCUT2D eigenvalue weighted by Gasteiger charge is 1.94. The minimum absolute atomic E-state index is 0.0377. The molecule has 0 saturated heterocycles. The zero-order valence-electron chi connectivity index (χ0n) is 6.88.